The number of nitrogens with zero attached hydrogens (tertiary/aromatic N) is 3. The van der Waals surface area contributed by atoms with E-state index < -0.39 is 0 Å². The van der Waals surface area contributed by atoms with Gasteiger partial charge in [-0.2, -0.15) is 0 Å². The van der Waals surface area contributed by atoms with E-state index in [0.29, 0.717) is 38.4 Å². The third-order valence-corrected chi connectivity index (χ3v) is 4.56. The van der Waals surface area contributed by atoms with Gasteiger partial charge in [-0.05, 0) is 38.8 Å². The SMILES string of the molecule is CCOC(=O)N1CCC(NC(=O)c2cnc(Nc3ccc(C)cc3)cn2)CC1. The first-order chi connectivity index (χ1) is 13.5. The summed E-state index contributed by atoms with van der Waals surface area (Å²) in [5.41, 5.74) is 2.35. The lowest BCUT2D eigenvalue weighted by Gasteiger charge is -2.31. The molecule has 1 aliphatic rings. The molecule has 0 radical (unpaired) electrons. The zero-order chi connectivity index (χ0) is 19.9. The molecule has 0 atom stereocenters. The number of benzene rings is 1. The van der Waals surface area contributed by atoms with Crippen molar-refractivity contribution in [1.29, 1.82) is 0 Å². The maximum Gasteiger partial charge on any atom is 0.409 e. The molecule has 1 saturated heterocycles. The highest BCUT2D eigenvalue weighted by molar-refractivity contribution is 5.92. The molecule has 1 fully saturated rings. The average molecular weight is 383 g/mol. The van der Waals surface area contributed by atoms with Gasteiger partial charge in [-0.25, -0.2) is 14.8 Å². The molecule has 1 aromatic carbocycles. The number of carbonyl (C=O) groups excluding carboxylic acids is 2. The highest BCUT2D eigenvalue weighted by Crippen LogP contribution is 2.15. The predicted octanol–water partition coefficient (Wildman–Crippen LogP) is 2.88. The van der Waals surface area contributed by atoms with E-state index >= 15 is 0 Å². The second kappa shape index (κ2) is 9.16. The standard InChI is InChI=1S/C20H25N5O3/c1-3-28-20(27)25-10-8-16(9-11-25)24-19(26)17-12-22-18(13-21-17)23-15-6-4-14(2)5-7-15/h4-7,12-13,16H,3,8-11H2,1-2H3,(H,22,23)(H,24,26). The lowest BCUT2D eigenvalue weighted by molar-refractivity contribution is 0.0856. The van der Waals surface area contributed by atoms with Gasteiger partial charge in [0, 0.05) is 24.8 Å². The van der Waals surface area contributed by atoms with Crippen molar-refractivity contribution >= 4 is 23.5 Å². The van der Waals surface area contributed by atoms with E-state index in [2.05, 4.69) is 20.6 Å². The van der Waals surface area contributed by atoms with Gasteiger partial charge in [-0.1, -0.05) is 17.7 Å². The van der Waals surface area contributed by atoms with Crippen LogP contribution in [0.1, 0.15) is 35.8 Å². The number of aromatic nitrogens is 2. The molecule has 0 saturated carbocycles. The first-order valence-electron chi connectivity index (χ1n) is 9.43. The summed E-state index contributed by atoms with van der Waals surface area (Å²) < 4.78 is 5.00. The quantitative estimate of drug-likeness (QED) is 0.824. The van der Waals surface area contributed by atoms with E-state index in [4.69, 9.17) is 4.74 Å². The molecule has 0 unspecified atom stereocenters. The molecule has 0 aliphatic carbocycles. The molecule has 1 aliphatic heterocycles. The van der Waals surface area contributed by atoms with Crippen LogP contribution in [0.5, 0.6) is 0 Å². The number of piperidine rings is 1. The van der Waals surface area contributed by atoms with Crippen molar-refractivity contribution in [2.75, 3.05) is 25.0 Å². The normalized spacial score (nSPS) is 14.4. The Balaban J connectivity index is 1.50. The Morgan fingerprint density at radius 2 is 1.86 bits per heavy atom. The summed E-state index contributed by atoms with van der Waals surface area (Å²) >= 11 is 0. The van der Waals surface area contributed by atoms with E-state index in [0.717, 1.165) is 5.69 Å². The van der Waals surface area contributed by atoms with Crippen molar-refractivity contribution in [3.05, 3.63) is 47.9 Å². The Morgan fingerprint density at radius 1 is 1.14 bits per heavy atom. The molecule has 8 nitrogen and oxygen atoms in total. The number of anilines is 2. The molecular weight excluding hydrogens is 358 g/mol. The maximum absolute atomic E-state index is 12.4. The third-order valence-electron chi connectivity index (χ3n) is 4.56. The van der Waals surface area contributed by atoms with Crippen LogP contribution in [0.15, 0.2) is 36.7 Å². The number of aryl methyl sites for hydroxylation is 1. The van der Waals surface area contributed by atoms with Crippen molar-refractivity contribution in [3.63, 3.8) is 0 Å². The molecule has 0 spiro atoms. The van der Waals surface area contributed by atoms with E-state index in [1.165, 1.54) is 18.0 Å². The molecule has 0 bridgehead atoms. The number of amides is 2. The van der Waals surface area contributed by atoms with Crippen LogP contribution in [0.3, 0.4) is 0 Å². The van der Waals surface area contributed by atoms with Gasteiger partial charge in [-0.3, -0.25) is 4.79 Å². The monoisotopic (exact) mass is 383 g/mol. The second-order valence-corrected chi connectivity index (χ2v) is 6.71. The van der Waals surface area contributed by atoms with Gasteiger partial charge in [0.25, 0.3) is 5.91 Å². The summed E-state index contributed by atoms with van der Waals surface area (Å²) in [4.78, 5) is 34.2. The molecule has 1 aromatic heterocycles. The van der Waals surface area contributed by atoms with Crippen molar-refractivity contribution in [3.8, 4) is 0 Å². The lowest BCUT2D eigenvalue weighted by atomic mass is 10.1. The van der Waals surface area contributed by atoms with Crippen LogP contribution in [-0.4, -0.2) is 52.6 Å². The van der Waals surface area contributed by atoms with Crippen LogP contribution in [0.4, 0.5) is 16.3 Å². The van der Waals surface area contributed by atoms with E-state index in [1.54, 1.807) is 11.8 Å². The van der Waals surface area contributed by atoms with Crippen molar-refractivity contribution in [2.24, 2.45) is 0 Å². The molecular formula is C20H25N5O3. The van der Waals surface area contributed by atoms with Gasteiger partial charge in [0.05, 0.1) is 19.0 Å². The highest BCUT2D eigenvalue weighted by atomic mass is 16.6. The maximum atomic E-state index is 12.4. The molecule has 2 aromatic rings. The number of carbonyl (C=O) groups is 2. The van der Waals surface area contributed by atoms with Crippen LogP contribution >= 0.6 is 0 Å². The third kappa shape index (κ3) is 5.18. The van der Waals surface area contributed by atoms with E-state index in [1.807, 2.05) is 31.2 Å². The zero-order valence-corrected chi connectivity index (χ0v) is 16.1. The van der Waals surface area contributed by atoms with E-state index in [9.17, 15) is 9.59 Å². The van der Waals surface area contributed by atoms with Gasteiger partial charge >= 0.3 is 6.09 Å². The Bertz CT molecular complexity index is 800. The number of rotatable bonds is 5. The minimum absolute atomic E-state index is 0.00494. The summed E-state index contributed by atoms with van der Waals surface area (Å²) in [6.45, 7) is 5.30. The number of nitrogens with one attached hydrogen (secondary N) is 2. The highest BCUT2D eigenvalue weighted by Gasteiger charge is 2.25. The van der Waals surface area contributed by atoms with Crippen molar-refractivity contribution in [1.82, 2.24) is 20.2 Å². The van der Waals surface area contributed by atoms with Crippen LogP contribution in [0.2, 0.25) is 0 Å². The predicted molar refractivity (Wildman–Crippen MR) is 106 cm³/mol. The summed E-state index contributed by atoms with van der Waals surface area (Å²) in [5.74, 6) is 0.312. The first-order valence-corrected chi connectivity index (χ1v) is 9.43. The topological polar surface area (TPSA) is 96.5 Å². The van der Waals surface area contributed by atoms with Gasteiger partial charge in [0.1, 0.15) is 11.5 Å². The first kappa shape index (κ1) is 19.6. The Morgan fingerprint density at radius 3 is 2.46 bits per heavy atom. The average Bonchev–Trinajstić information content (AvgIpc) is 2.71. The minimum Gasteiger partial charge on any atom is -0.450 e. The van der Waals surface area contributed by atoms with Gasteiger partial charge in [0.15, 0.2) is 0 Å². The van der Waals surface area contributed by atoms with Crippen LogP contribution in [-0.2, 0) is 4.74 Å². The smallest absolute Gasteiger partial charge is 0.409 e. The molecule has 148 valence electrons. The summed E-state index contributed by atoms with van der Waals surface area (Å²) in [6, 6.07) is 7.93. The van der Waals surface area contributed by atoms with Crippen molar-refractivity contribution in [2.45, 2.75) is 32.7 Å². The Hall–Kier alpha value is -3.16. The Labute approximate surface area is 164 Å². The molecule has 2 N–H and O–H groups in total. The number of ether oxygens (including phenoxy) is 1. The Kier molecular flexibility index (Phi) is 6.41. The molecule has 8 heteroatoms. The zero-order valence-electron chi connectivity index (χ0n) is 16.1. The van der Waals surface area contributed by atoms with Gasteiger partial charge < -0.3 is 20.3 Å². The van der Waals surface area contributed by atoms with Crippen LogP contribution in [0, 0.1) is 6.92 Å². The molecule has 28 heavy (non-hydrogen) atoms. The largest absolute Gasteiger partial charge is 0.450 e. The summed E-state index contributed by atoms with van der Waals surface area (Å²) in [7, 11) is 0. The fourth-order valence-corrected chi connectivity index (χ4v) is 2.98. The molecule has 2 amide bonds. The van der Waals surface area contributed by atoms with Crippen LogP contribution in [0.25, 0.3) is 0 Å². The second-order valence-electron chi connectivity index (χ2n) is 6.71. The molecule has 3 rings (SSSR count). The fourth-order valence-electron chi connectivity index (χ4n) is 2.98. The number of hydrogen-bond acceptors (Lipinski definition) is 6. The van der Waals surface area contributed by atoms with Crippen LogP contribution < -0.4 is 10.6 Å². The van der Waals surface area contributed by atoms with Gasteiger partial charge in [-0.15, -0.1) is 0 Å². The van der Waals surface area contributed by atoms with Gasteiger partial charge in [0.2, 0.25) is 0 Å². The summed E-state index contributed by atoms with van der Waals surface area (Å²) in [5, 5.41) is 6.11. The van der Waals surface area contributed by atoms with E-state index in [-0.39, 0.29) is 23.7 Å². The number of likely N-dealkylation sites (tertiary alicyclic amines) is 1. The van der Waals surface area contributed by atoms with Crippen molar-refractivity contribution < 1.29 is 14.3 Å². The fraction of sp³-hybridized carbons (Fsp3) is 0.400. The number of hydrogen-bond donors (Lipinski definition) is 2. The molecule has 2 heterocycles. The summed E-state index contributed by atoms with van der Waals surface area (Å²) in [6.07, 6.45) is 4.07. The lowest BCUT2D eigenvalue weighted by Crippen LogP contribution is -2.46. The minimum atomic E-state index is -0.296.